The molecule has 0 bridgehead atoms. The Balaban J connectivity index is 2.27. The highest BCUT2D eigenvalue weighted by molar-refractivity contribution is 14.1. The van der Waals surface area contributed by atoms with Gasteiger partial charge in [0.15, 0.2) is 0 Å². The number of thiophene rings is 1. The molecule has 2 heterocycles. The van der Waals surface area contributed by atoms with Crippen LogP contribution in [0.25, 0.3) is 0 Å². The molecule has 4 heteroatoms. The molecule has 0 amide bonds. The minimum absolute atomic E-state index is 0.433. The molecule has 0 radical (unpaired) electrons. The van der Waals surface area contributed by atoms with Gasteiger partial charge >= 0.3 is 0 Å². The molecule has 1 unspecified atom stereocenters. The first kappa shape index (κ1) is 8.65. The van der Waals surface area contributed by atoms with Gasteiger partial charge in [0.05, 0.1) is 3.92 Å². The topological polar surface area (TPSA) is 12.9 Å². The number of alkyl halides is 1. The SMILES string of the molecule is IC(c1cccs1)c1nccs1. The van der Waals surface area contributed by atoms with Crippen LogP contribution in [0.15, 0.2) is 29.1 Å². The van der Waals surface area contributed by atoms with Crippen molar-refractivity contribution in [3.8, 4) is 0 Å². The molecular weight excluding hydrogens is 301 g/mol. The lowest BCUT2D eigenvalue weighted by Crippen LogP contribution is -1.86. The van der Waals surface area contributed by atoms with Crippen LogP contribution in [0.1, 0.15) is 13.8 Å². The van der Waals surface area contributed by atoms with Crippen LogP contribution in [0.3, 0.4) is 0 Å². The van der Waals surface area contributed by atoms with Gasteiger partial charge in [0, 0.05) is 16.5 Å². The summed E-state index contributed by atoms with van der Waals surface area (Å²) >= 11 is 5.93. The Kier molecular flexibility index (Phi) is 2.77. The van der Waals surface area contributed by atoms with Crippen LogP contribution in [0.2, 0.25) is 0 Å². The molecule has 0 saturated heterocycles. The summed E-state index contributed by atoms with van der Waals surface area (Å²) in [7, 11) is 0. The summed E-state index contributed by atoms with van der Waals surface area (Å²) in [4.78, 5) is 5.67. The van der Waals surface area contributed by atoms with E-state index in [0.29, 0.717) is 3.92 Å². The lowest BCUT2D eigenvalue weighted by Gasteiger charge is -2.01. The third-order valence-corrected chi connectivity index (χ3v) is 5.34. The van der Waals surface area contributed by atoms with Crippen molar-refractivity contribution in [2.75, 3.05) is 0 Å². The van der Waals surface area contributed by atoms with Crippen molar-refractivity contribution in [2.45, 2.75) is 3.92 Å². The minimum atomic E-state index is 0.433. The normalized spacial score (nSPS) is 13.1. The number of hydrogen-bond acceptors (Lipinski definition) is 3. The van der Waals surface area contributed by atoms with Crippen LogP contribution < -0.4 is 0 Å². The van der Waals surface area contributed by atoms with Crippen LogP contribution in [0.4, 0.5) is 0 Å². The van der Waals surface area contributed by atoms with Gasteiger partial charge < -0.3 is 0 Å². The summed E-state index contributed by atoms with van der Waals surface area (Å²) in [6, 6.07) is 4.24. The van der Waals surface area contributed by atoms with E-state index in [2.05, 4.69) is 45.1 Å². The van der Waals surface area contributed by atoms with Gasteiger partial charge in [0.25, 0.3) is 0 Å². The number of aromatic nitrogens is 1. The van der Waals surface area contributed by atoms with Crippen molar-refractivity contribution in [3.05, 3.63) is 39.0 Å². The molecule has 62 valence electrons. The van der Waals surface area contributed by atoms with E-state index in [9.17, 15) is 0 Å². The zero-order chi connectivity index (χ0) is 8.39. The van der Waals surface area contributed by atoms with Gasteiger partial charge in [-0.05, 0) is 11.4 Å². The number of hydrogen-bond donors (Lipinski definition) is 0. The average Bonchev–Trinajstić information content (AvgIpc) is 2.77. The fourth-order valence-corrected chi connectivity index (χ4v) is 3.57. The second-order valence-electron chi connectivity index (χ2n) is 2.25. The standard InChI is InChI=1S/C8H6INS2/c9-7(6-2-1-4-11-6)8-10-3-5-12-8/h1-5,7H. The first-order valence-electron chi connectivity index (χ1n) is 3.45. The molecule has 0 fully saturated rings. The van der Waals surface area contributed by atoms with Gasteiger partial charge in [-0.1, -0.05) is 28.7 Å². The van der Waals surface area contributed by atoms with E-state index in [1.165, 1.54) is 9.88 Å². The molecule has 1 nitrogen and oxygen atoms in total. The van der Waals surface area contributed by atoms with E-state index in [1.807, 2.05) is 11.6 Å². The molecule has 1 atom stereocenters. The van der Waals surface area contributed by atoms with Gasteiger partial charge in [-0.25, -0.2) is 4.98 Å². The summed E-state index contributed by atoms with van der Waals surface area (Å²) in [5, 5.41) is 5.32. The third-order valence-electron chi connectivity index (χ3n) is 1.46. The molecule has 0 aliphatic carbocycles. The molecule has 0 N–H and O–H groups in total. The van der Waals surface area contributed by atoms with Gasteiger partial charge in [0.1, 0.15) is 5.01 Å². The molecule has 2 aromatic heterocycles. The zero-order valence-electron chi connectivity index (χ0n) is 6.11. The Labute approximate surface area is 92.6 Å². The van der Waals surface area contributed by atoms with Crippen molar-refractivity contribution in [1.29, 1.82) is 0 Å². The lowest BCUT2D eigenvalue weighted by atomic mass is 10.4. The monoisotopic (exact) mass is 307 g/mol. The number of thiazole rings is 1. The maximum absolute atomic E-state index is 4.29. The van der Waals surface area contributed by atoms with Gasteiger partial charge in [0.2, 0.25) is 0 Å². The zero-order valence-corrected chi connectivity index (χ0v) is 9.90. The summed E-state index contributed by atoms with van der Waals surface area (Å²) < 4.78 is 0.433. The number of rotatable bonds is 2. The molecule has 0 aliphatic rings. The van der Waals surface area contributed by atoms with Crippen molar-refractivity contribution in [1.82, 2.24) is 4.98 Å². The van der Waals surface area contributed by atoms with Gasteiger partial charge in [-0.15, -0.1) is 22.7 Å². The predicted octanol–water partition coefficient (Wildman–Crippen LogP) is 3.73. The Morgan fingerprint density at radius 1 is 1.33 bits per heavy atom. The van der Waals surface area contributed by atoms with Crippen LogP contribution in [0.5, 0.6) is 0 Å². The largest absolute Gasteiger partial charge is 0.248 e. The molecule has 0 aliphatic heterocycles. The highest BCUT2D eigenvalue weighted by Crippen LogP contribution is 2.34. The molecule has 2 rings (SSSR count). The quantitative estimate of drug-likeness (QED) is 0.608. The van der Waals surface area contributed by atoms with E-state index in [-0.39, 0.29) is 0 Å². The van der Waals surface area contributed by atoms with E-state index < -0.39 is 0 Å². The number of halogens is 1. The molecule has 0 saturated carbocycles. The molecule has 0 aromatic carbocycles. The summed E-state index contributed by atoms with van der Waals surface area (Å²) in [6.07, 6.45) is 1.86. The van der Waals surface area contributed by atoms with Crippen molar-refractivity contribution < 1.29 is 0 Å². The maximum atomic E-state index is 4.29. The Morgan fingerprint density at radius 2 is 2.25 bits per heavy atom. The Bertz CT molecular complexity index is 294. The van der Waals surface area contributed by atoms with E-state index >= 15 is 0 Å². The average molecular weight is 307 g/mol. The highest BCUT2D eigenvalue weighted by atomic mass is 127. The highest BCUT2D eigenvalue weighted by Gasteiger charge is 2.12. The van der Waals surface area contributed by atoms with Crippen molar-refractivity contribution in [2.24, 2.45) is 0 Å². The minimum Gasteiger partial charge on any atom is -0.248 e. The fourth-order valence-electron chi connectivity index (χ4n) is 0.917. The van der Waals surface area contributed by atoms with Crippen molar-refractivity contribution >= 4 is 45.3 Å². The predicted molar refractivity (Wildman–Crippen MR) is 62.3 cm³/mol. The van der Waals surface area contributed by atoms with Gasteiger partial charge in [-0.2, -0.15) is 0 Å². The fraction of sp³-hybridized carbons (Fsp3) is 0.125. The molecule has 12 heavy (non-hydrogen) atoms. The summed E-state index contributed by atoms with van der Waals surface area (Å²) in [5.74, 6) is 0. The lowest BCUT2D eigenvalue weighted by molar-refractivity contribution is 1.17. The van der Waals surface area contributed by atoms with E-state index in [0.717, 1.165) is 0 Å². The first-order chi connectivity index (χ1) is 5.88. The van der Waals surface area contributed by atoms with Crippen LogP contribution in [-0.2, 0) is 0 Å². The first-order valence-corrected chi connectivity index (χ1v) is 6.45. The summed E-state index contributed by atoms with van der Waals surface area (Å²) in [6.45, 7) is 0. The molecule has 2 aromatic rings. The van der Waals surface area contributed by atoms with E-state index in [1.54, 1.807) is 22.7 Å². The maximum Gasteiger partial charge on any atom is 0.111 e. The van der Waals surface area contributed by atoms with Crippen molar-refractivity contribution in [3.63, 3.8) is 0 Å². The van der Waals surface area contributed by atoms with Crippen LogP contribution in [-0.4, -0.2) is 4.98 Å². The van der Waals surface area contributed by atoms with E-state index in [4.69, 9.17) is 0 Å². The molecular formula is C8H6INS2. The Morgan fingerprint density at radius 3 is 2.83 bits per heavy atom. The van der Waals surface area contributed by atoms with Crippen LogP contribution >= 0.6 is 45.3 Å². The second-order valence-corrected chi connectivity index (χ2v) is 5.40. The summed E-state index contributed by atoms with van der Waals surface area (Å²) in [5.41, 5.74) is 0. The third kappa shape index (κ3) is 1.70. The van der Waals surface area contributed by atoms with Gasteiger partial charge in [-0.3, -0.25) is 0 Å². The van der Waals surface area contributed by atoms with Crippen LogP contribution in [0, 0.1) is 0 Å². The Hall–Kier alpha value is 0.0600. The smallest absolute Gasteiger partial charge is 0.111 e. The molecule has 0 spiro atoms. The number of nitrogens with zero attached hydrogens (tertiary/aromatic N) is 1. The second kappa shape index (κ2) is 3.85.